The molecule has 1 heterocycles. The summed E-state index contributed by atoms with van der Waals surface area (Å²) in [5.41, 5.74) is 0. The minimum absolute atomic E-state index is 0.0247. The molecule has 1 amide bonds. The molecule has 1 saturated heterocycles. The molecular formula is C10H18N2O6S2. The van der Waals surface area contributed by atoms with Gasteiger partial charge in [0.1, 0.15) is 6.04 Å². The molecule has 1 rings (SSSR count). The first-order valence-corrected chi connectivity index (χ1v) is 8.64. The van der Waals surface area contributed by atoms with Crippen LogP contribution in [0.3, 0.4) is 0 Å². The summed E-state index contributed by atoms with van der Waals surface area (Å²) in [6.07, 6.45) is 0.108. The van der Waals surface area contributed by atoms with Crippen molar-refractivity contribution in [3.8, 4) is 0 Å². The zero-order valence-electron chi connectivity index (χ0n) is 11.2. The quantitative estimate of drug-likeness (QED) is 0.735. The maximum Gasteiger partial charge on any atom is 0.421 e. The van der Waals surface area contributed by atoms with Crippen LogP contribution in [0.25, 0.3) is 0 Å². The highest BCUT2D eigenvalue weighted by Crippen LogP contribution is 2.34. The van der Waals surface area contributed by atoms with Gasteiger partial charge < -0.3 is 9.84 Å². The Hall–Kier alpha value is -1.00. The Morgan fingerprint density at radius 3 is 2.60 bits per heavy atom. The lowest BCUT2D eigenvalue weighted by atomic mass is 10.3. The lowest BCUT2D eigenvalue weighted by Gasteiger charge is -2.25. The highest BCUT2D eigenvalue weighted by Gasteiger charge is 2.46. The SMILES string of the molecule is CCCC1SCC(C(=O)O)N1S(=O)(=O)NC(=O)OCC. The van der Waals surface area contributed by atoms with Crippen LogP contribution in [0, 0.1) is 0 Å². The Labute approximate surface area is 122 Å². The third-order valence-electron chi connectivity index (χ3n) is 2.62. The average Bonchev–Trinajstić information content (AvgIpc) is 2.73. The van der Waals surface area contributed by atoms with Crippen LogP contribution < -0.4 is 4.72 Å². The lowest BCUT2D eigenvalue weighted by Crippen LogP contribution is -2.51. The van der Waals surface area contributed by atoms with E-state index >= 15 is 0 Å². The van der Waals surface area contributed by atoms with E-state index in [4.69, 9.17) is 5.11 Å². The Kier molecular flexibility index (Phi) is 6.08. The molecular weight excluding hydrogens is 308 g/mol. The zero-order valence-corrected chi connectivity index (χ0v) is 12.9. The van der Waals surface area contributed by atoms with E-state index in [0.29, 0.717) is 12.8 Å². The second-order valence-electron chi connectivity index (χ2n) is 4.09. The molecule has 0 aliphatic carbocycles. The number of rotatable bonds is 6. The van der Waals surface area contributed by atoms with Crippen molar-refractivity contribution in [1.82, 2.24) is 9.03 Å². The van der Waals surface area contributed by atoms with Crippen LogP contribution in [0.15, 0.2) is 0 Å². The minimum atomic E-state index is -4.24. The molecule has 1 fully saturated rings. The number of nitrogens with one attached hydrogen (secondary N) is 1. The number of hydrogen-bond acceptors (Lipinski definition) is 6. The van der Waals surface area contributed by atoms with E-state index in [1.807, 2.05) is 6.92 Å². The van der Waals surface area contributed by atoms with Crippen molar-refractivity contribution in [1.29, 1.82) is 0 Å². The van der Waals surface area contributed by atoms with Crippen molar-refractivity contribution in [2.45, 2.75) is 38.1 Å². The normalized spacial score (nSPS) is 23.5. The summed E-state index contributed by atoms with van der Waals surface area (Å²) >= 11 is 1.25. The van der Waals surface area contributed by atoms with E-state index in [9.17, 15) is 18.0 Å². The molecule has 1 aliphatic rings. The van der Waals surface area contributed by atoms with Crippen molar-refractivity contribution in [2.75, 3.05) is 12.4 Å². The Morgan fingerprint density at radius 1 is 1.45 bits per heavy atom. The van der Waals surface area contributed by atoms with Crippen LogP contribution in [-0.4, -0.2) is 53.7 Å². The largest absolute Gasteiger partial charge is 0.480 e. The molecule has 0 radical (unpaired) electrons. The van der Waals surface area contributed by atoms with Gasteiger partial charge in [0.05, 0.1) is 12.0 Å². The third-order valence-corrected chi connectivity index (χ3v) is 5.60. The summed E-state index contributed by atoms with van der Waals surface area (Å²) in [5.74, 6) is -1.07. The first kappa shape index (κ1) is 17.1. The number of carboxylic acids is 1. The predicted molar refractivity (Wildman–Crippen MR) is 73.5 cm³/mol. The molecule has 10 heteroatoms. The van der Waals surface area contributed by atoms with Crippen molar-refractivity contribution >= 4 is 34.0 Å². The van der Waals surface area contributed by atoms with Crippen molar-refractivity contribution in [3.05, 3.63) is 0 Å². The third kappa shape index (κ3) is 4.00. The molecule has 0 aromatic heterocycles. The van der Waals surface area contributed by atoms with Crippen molar-refractivity contribution in [2.24, 2.45) is 0 Å². The van der Waals surface area contributed by atoms with Gasteiger partial charge in [-0.05, 0) is 13.3 Å². The van der Waals surface area contributed by atoms with Gasteiger partial charge in [0.25, 0.3) is 0 Å². The number of thioether (sulfide) groups is 1. The Balaban J connectivity index is 2.95. The fourth-order valence-electron chi connectivity index (χ4n) is 1.83. The number of hydrogen-bond donors (Lipinski definition) is 2. The van der Waals surface area contributed by atoms with E-state index < -0.39 is 33.7 Å². The van der Waals surface area contributed by atoms with Crippen molar-refractivity contribution in [3.63, 3.8) is 0 Å². The molecule has 0 bridgehead atoms. The molecule has 116 valence electrons. The number of carboxylic acid groups (broad SMARTS) is 1. The number of nitrogens with zero attached hydrogens (tertiary/aromatic N) is 1. The standard InChI is InChI=1S/C10H18N2O6S2/c1-3-5-8-12(7(6-19-8)9(13)14)20(16,17)11-10(15)18-4-2/h7-8H,3-6H2,1-2H3,(H,11,15)(H,13,14). The van der Waals surface area contributed by atoms with E-state index in [0.717, 1.165) is 4.31 Å². The van der Waals surface area contributed by atoms with Crippen LogP contribution in [0.5, 0.6) is 0 Å². The molecule has 0 aromatic rings. The maximum absolute atomic E-state index is 12.2. The minimum Gasteiger partial charge on any atom is -0.480 e. The maximum atomic E-state index is 12.2. The van der Waals surface area contributed by atoms with Gasteiger partial charge in [0.15, 0.2) is 0 Å². The molecule has 2 N–H and O–H groups in total. The zero-order chi connectivity index (χ0) is 15.3. The van der Waals surface area contributed by atoms with Gasteiger partial charge in [-0.15, -0.1) is 11.8 Å². The smallest absolute Gasteiger partial charge is 0.421 e. The molecule has 2 atom stereocenters. The van der Waals surface area contributed by atoms with Crippen LogP contribution in [0.1, 0.15) is 26.7 Å². The summed E-state index contributed by atoms with van der Waals surface area (Å²) in [5, 5.41) is 8.61. The van der Waals surface area contributed by atoms with Crippen LogP contribution in [0.2, 0.25) is 0 Å². The second kappa shape index (κ2) is 7.14. The first-order valence-electron chi connectivity index (χ1n) is 6.15. The molecule has 20 heavy (non-hydrogen) atoms. The van der Waals surface area contributed by atoms with Gasteiger partial charge in [0, 0.05) is 5.75 Å². The Bertz CT molecular complexity index is 466. The predicted octanol–water partition coefficient (Wildman–Crippen LogP) is 0.606. The topological polar surface area (TPSA) is 113 Å². The van der Waals surface area contributed by atoms with E-state index in [1.54, 1.807) is 4.72 Å². The van der Waals surface area contributed by atoms with Crippen LogP contribution in [-0.2, 0) is 19.7 Å². The van der Waals surface area contributed by atoms with Gasteiger partial charge >= 0.3 is 22.3 Å². The Morgan fingerprint density at radius 2 is 2.10 bits per heavy atom. The first-order chi connectivity index (χ1) is 9.33. The van der Waals surface area contributed by atoms with Crippen molar-refractivity contribution < 1.29 is 27.9 Å². The molecule has 1 aliphatic heterocycles. The molecule has 2 unspecified atom stereocenters. The molecule has 0 aromatic carbocycles. The number of carbonyl (C=O) groups is 2. The fraction of sp³-hybridized carbons (Fsp3) is 0.800. The fourth-order valence-corrected chi connectivity index (χ4v) is 5.14. The summed E-state index contributed by atoms with van der Waals surface area (Å²) in [6.45, 7) is 3.44. The second-order valence-corrected chi connectivity index (χ2v) is 6.87. The van der Waals surface area contributed by atoms with Gasteiger partial charge in [0.2, 0.25) is 0 Å². The summed E-state index contributed by atoms with van der Waals surface area (Å²) in [4.78, 5) is 22.4. The molecule has 0 saturated carbocycles. The number of aliphatic carboxylic acids is 1. The van der Waals surface area contributed by atoms with Gasteiger partial charge in [-0.25, -0.2) is 9.52 Å². The molecule has 8 nitrogen and oxygen atoms in total. The number of ether oxygens (including phenoxy) is 1. The van der Waals surface area contributed by atoms with E-state index in [-0.39, 0.29) is 12.4 Å². The van der Waals surface area contributed by atoms with Gasteiger partial charge in [-0.2, -0.15) is 12.7 Å². The van der Waals surface area contributed by atoms with E-state index in [1.165, 1.54) is 18.7 Å². The van der Waals surface area contributed by atoms with E-state index in [2.05, 4.69) is 4.74 Å². The number of amides is 1. The summed E-state index contributed by atoms with van der Waals surface area (Å²) in [6, 6.07) is -1.18. The summed E-state index contributed by atoms with van der Waals surface area (Å²) < 4.78 is 31.4. The lowest BCUT2D eigenvalue weighted by molar-refractivity contribution is -0.140. The highest BCUT2D eigenvalue weighted by atomic mass is 32.2. The highest BCUT2D eigenvalue weighted by molar-refractivity contribution is 8.01. The van der Waals surface area contributed by atoms with Gasteiger partial charge in [-0.3, -0.25) is 4.79 Å². The molecule has 0 spiro atoms. The average molecular weight is 326 g/mol. The summed E-state index contributed by atoms with van der Waals surface area (Å²) in [7, 11) is -4.24. The van der Waals surface area contributed by atoms with Gasteiger partial charge in [-0.1, -0.05) is 13.3 Å². The van der Waals surface area contributed by atoms with Crippen LogP contribution >= 0.6 is 11.8 Å². The van der Waals surface area contributed by atoms with Crippen LogP contribution in [0.4, 0.5) is 4.79 Å². The monoisotopic (exact) mass is 326 g/mol. The number of carbonyl (C=O) groups excluding carboxylic acids is 1.